The summed E-state index contributed by atoms with van der Waals surface area (Å²) in [5.74, 6) is -1.28. The molecule has 0 aliphatic carbocycles. The van der Waals surface area contributed by atoms with Gasteiger partial charge in [-0.3, -0.25) is 9.59 Å². The summed E-state index contributed by atoms with van der Waals surface area (Å²) >= 11 is 6.07. The predicted molar refractivity (Wildman–Crippen MR) is 124 cm³/mol. The lowest BCUT2D eigenvalue weighted by atomic mass is 10.1. The Kier molecular flexibility index (Phi) is 8.74. The summed E-state index contributed by atoms with van der Waals surface area (Å²) in [6.07, 6.45) is -1.10. The maximum atomic E-state index is 13.3. The van der Waals surface area contributed by atoms with Gasteiger partial charge in [0, 0.05) is 25.2 Å². The molecule has 0 radical (unpaired) electrons. The fourth-order valence-corrected chi connectivity index (χ4v) is 3.39. The highest BCUT2D eigenvalue weighted by atomic mass is 35.5. The van der Waals surface area contributed by atoms with Crippen molar-refractivity contribution in [3.8, 4) is 5.88 Å². The van der Waals surface area contributed by atoms with Gasteiger partial charge in [-0.15, -0.1) is 5.10 Å². The summed E-state index contributed by atoms with van der Waals surface area (Å²) in [7, 11) is 3.01. The number of amides is 2. The van der Waals surface area contributed by atoms with Gasteiger partial charge in [0.15, 0.2) is 6.61 Å². The van der Waals surface area contributed by atoms with Crippen molar-refractivity contribution in [1.82, 2.24) is 20.4 Å². The molecule has 0 aliphatic rings. The number of hydrogen-bond donors (Lipinski definition) is 3. The van der Waals surface area contributed by atoms with Crippen molar-refractivity contribution < 1.29 is 27.5 Å². The van der Waals surface area contributed by atoms with Crippen LogP contribution in [0.1, 0.15) is 40.3 Å². The number of benzene rings is 1. The lowest BCUT2D eigenvalue weighted by molar-refractivity contribution is -0.154. The zero-order valence-electron chi connectivity index (χ0n) is 19.2. The molecule has 8 nitrogen and oxygen atoms in total. The molecule has 34 heavy (non-hydrogen) atoms. The third-order valence-corrected chi connectivity index (χ3v) is 4.77. The zero-order chi connectivity index (χ0) is 25.6. The van der Waals surface area contributed by atoms with Crippen LogP contribution in [-0.4, -0.2) is 48.5 Å². The fourth-order valence-electron chi connectivity index (χ4n) is 3.12. The number of allylic oxidation sites excluding steroid dienone is 3. The Balaban J connectivity index is 2.59. The molecular formula is C22H25ClF3N5O3. The summed E-state index contributed by atoms with van der Waals surface area (Å²) in [6, 6.07) is 4.05. The molecule has 2 rings (SSSR count). The molecule has 0 atom stereocenters. The van der Waals surface area contributed by atoms with Gasteiger partial charge in [0.1, 0.15) is 11.5 Å². The SMILES string of the molecule is C/C=C\C(C)=C(/NC)n1nc(OCC(F)(F)F)cc1C(=O)Nc1c(C)cc(Cl)cc1C(=O)NC. The van der Waals surface area contributed by atoms with E-state index >= 15 is 0 Å². The number of nitrogens with zero attached hydrogens (tertiary/aromatic N) is 2. The number of aromatic nitrogens is 2. The summed E-state index contributed by atoms with van der Waals surface area (Å²) < 4.78 is 43.9. The van der Waals surface area contributed by atoms with E-state index in [4.69, 9.17) is 16.3 Å². The minimum atomic E-state index is -4.59. The Morgan fingerprint density at radius 3 is 2.41 bits per heavy atom. The van der Waals surface area contributed by atoms with Crippen molar-refractivity contribution in [3.63, 3.8) is 0 Å². The van der Waals surface area contributed by atoms with Crippen LogP contribution in [0.3, 0.4) is 0 Å². The van der Waals surface area contributed by atoms with Crippen LogP contribution < -0.4 is 20.7 Å². The van der Waals surface area contributed by atoms with Gasteiger partial charge in [0.2, 0.25) is 5.88 Å². The van der Waals surface area contributed by atoms with Crippen LogP contribution in [0, 0.1) is 6.92 Å². The first-order valence-electron chi connectivity index (χ1n) is 10.1. The second-order valence-electron chi connectivity index (χ2n) is 7.14. The number of aryl methyl sites for hydroxylation is 1. The Morgan fingerprint density at radius 1 is 1.18 bits per heavy atom. The van der Waals surface area contributed by atoms with Gasteiger partial charge in [0.25, 0.3) is 11.8 Å². The van der Waals surface area contributed by atoms with Crippen molar-refractivity contribution in [1.29, 1.82) is 0 Å². The van der Waals surface area contributed by atoms with Crippen LogP contribution in [0.15, 0.2) is 35.9 Å². The summed E-state index contributed by atoms with van der Waals surface area (Å²) in [5, 5.41) is 12.4. The molecule has 0 fully saturated rings. The van der Waals surface area contributed by atoms with Crippen LogP contribution in [-0.2, 0) is 0 Å². The lowest BCUT2D eigenvalue weighted by Crippen LogP contribution is -2.25. The average Bonchev–Trinajstić information content (AvgIpc) is 3.17. The molecule has 0 saturated carbocycles. The molecule has 0 bridgehead atoms. The van der Waals surface area contributed by atoms with Crippen molar-refractivity contribution >= 4 is 34.9 Å². The second-order valence-corrected chi connectivity index (χ2v) is 7.58. The van der Waals surface area contributed by atoms with Gasteiger partial charge in [-0.2, -0.15) is 13.2 Å². The maximum Gasteiger partial charge on any atom is 0.422 e. The first-order chi connectivity index (χ1) is 15.9. The van der Waals surface area contributed by atoms with Crippen LogP contribution in [0.25, 0.3) is 5.82 Å². The minimum Gasteiger partial charge on any atom is -0.467 e. The summed E-state index contributed by atoms with van der Waals surface area (Å²) in [6.45, 7) is 3.60. The number of rotatable bonds is 8. The molecular weight excluding hydrogens is 475 g/mol. The Labute approximate surface area is 199 Å². The van der Waals surface area contributed by atoms with Crippen LogP contribution in [0.4, 0.5) is 18.9 Å². The van der Waals surface area contributed by atoms with Crippen molar-refractivity contribution in [3.05, 3.63) is 57.8 Å². The normalized spacial score (nSPS) is 12.4. The van der Waals surface area contributed by atoms with E-state index in [2.05, 4.69) is 21.0 Å². The smallest absolute Gasteiger partial charge is 0.422 e. The van der Waals surface area contributed by atoms with Crippen LogP contribution >= 0.6 is 11.6 Å². The molecule has 0 aliphatic heterocycles. The molecule has 0 unspecified atom stereocenters. The third kappa shape index (κ3) is 6.53. The van der Waals surface area contributed by atoms with Crippen molar-refractivity contribution in [2.24, 2.45) is 0 Å². The highest BCUT2D eigenvalue weighted by Gasteiger charge is 2.30. The van der Waals surface area contributed by atoms with E-state index in [-0.39, 0.29) is 16.9 Å². The van der Waals surface area contributed by atoms with E-state index in [9.17, 15) is 22.8 Å². The monoisotopic (exact) mass is 499 g/mol. The van der Waals surface area contributed by atoms with E-state index < -0.39 is 30.5 Å². The number of ether oxygens (including phenoxy) is 1. The third-order valence-electron chi connectivity index (χ3n) is 4.55. The average molecular weight is 500 g/mol. The lowest BCUT2D eigenvalue weighted by Gasteiger charge is -2.16. The van der Waals surface area contributed by atoms with Crippen molar-refractivity contribution in [2.45, 2.75) is 26.9 Å². The molecule has 0 spiro atoms. The zero-order valence-corrected chi connectivity index (χ0v) is 20.0. The Morgan fingerprint density at radius 2 is 1.85 bits per heavy atom. The quantitative estimate of drug-likeness (QED) is 0.468. The Hall–Kier alpha value is -3.47. The molecule has 2 amide bonds. The minimum absolute atomic E-state index is 0.120. The van der Waals surface area contributed by atoms with Gasteiger partial charge < -0.3 is 20.7 Å². The van der Waals surface area contributed by atoms with E-state index in [0.29, 0.717) is 22.0 Å². The predicted octanol–water partition coefficient (Wildman–Crippen LogP) is 4.38. The number of carbonyl (C=O) groups is 2. The summed E-state index contributed by atoms with van der Waals surface area (Å²) in [4.78, 5) is 25.6. The maximum absolute atomic E-state index is 13.3. The molecule has 2 aromatic rings. The van der Waals surface area contributed by atoms with E-state index in [0.717, 1.165) is 10.7 Å². The molecule has 1 aromatic heterocycles. The highest BCUT2D eigenvalue weighted by Crippen LogP contribution is 2.27. The number of carbonyl (C=O) groups excluding carboxylic acids is 2. The number of hydrogen-bond acceptors (Lipinski definition) is 5. The van der Waals surface area contributed by atoms with Gasteiger partial charge in [0.05, 0.1) is 11.3 Å². The number of anilines is 1. The van der Waals surface area contributed by atoms with E-state index in [1.807, 2.05) is 0 Å². The fraction of sp³-hybridized carbons (Fsp3) is 0.318. The van der Waals surface area contributed by atoms with E-state index in [1.54, 1.807) is 46.0 Å². The summed E-state index contributed by atoms with van der Waals surface area (Å²) in [5.41, 5.74) is 1.35. The molecule has 3 N–H and O–H groups in total. The van der Waals surface area contributed by atoms with E-state index in [1.165, 1.54) is 13.1 Å². The molecule has 0 saturated heterocycles. The van der Waals surface area contributed by atoms with Gasteiger partial charge in [-0.05, 0) is 44.0 Å². The van der Waals surface area contributed by atoms with Gasteiger partial charge in [-0.25, -0.2) is 4.68 Å². The Bertz CT molecular complexity index is 1140. The standard InChI is InChI=1S/C22H25ClF3N5O3/c1-6-7-12(2)19(27-4)31-16(10-17(30-31)34-11-22(24,25)26)21(33)29-18-13(3)8-14(23)9-15(18)20(32)28-5/h6-10,27H,11H2,1-5H3,(H,28,32)(H,29,33)/b7-6-,19-12+. The number of nitrogens with one attached hydrogen (secondary N) is 3. The number of alkyl halides is 3. The van der Waals surface area contributed by atoms with Crippen molar-refractivity contribution in [2.75, 3.05) is 26.0 Å². The van der Waals surface area contributed by atoms with Gasteiger partial charge in [-0.1, -0.05) is 23.8 Å². The molecule has 12 heteroatoms. The molecule has 184 valence electrons. The first kappa shape index (κ1) is 26.8. The highest BCUT2D eigenvalue weighted by molar-refractivity contribution is 6.31. The first-order valence-corrected chi connectivity index (χ1v) is 10.4. The topological polar surface area (TPSA) is 97.3 Å². The molecule has 1 heterocycles. The largest absolute Gasteiger partial charge is 0.467 e. The second kappa shape index (κ2) is 11.1. The van der Waals surface area contributed by atoms with Gasteiger partial charge >= 0.3 is 6.18 Å². The van der Waals surface area contributed by atoms with Crippen LogP contribution in [0.5, 0.6) is 5.88 Å². The van der Waals surface area contributed by atoms with Crippen LogP contribution in [0.2, 0.25) is 5.02 Å². The molecule has 1 aromatic carbocycles. The number of halogens is 4.